The Kier molecular flexibility index (Phi) is 7.78. The molecule has 0 N–H and O–H groups in total. The van der Waals surface area contributed by atoms with Gasteiger partial charge in [0.15, 0.2) is 0 Å². The van der Waals surface area contributed by atoms with Crippen LogP contribution < -0.4 is 4.90 Å². The molecule has 20 heavy (non-hydrogen) atoms. The number of hydrogen-bond acceptors (Lipinski definition) is 2. The number of nitrogens with zero attached hydrogens (tertiary/aromatic N) is 1. The van der Waals surface area contributed by atoms with Crippen LogP contribution in [0.3, 0.4) is 0 Å². The van der Waals surface area contributed by atoms with Gasteiger partial charge in [-0.05, 0) is 31.4 Å². The van der Waals surface area contributed by atoms with Crippen LogP contribution in [0.4, 0.5) is 10.5 Å². The van der Waals surface area contributed by atoms with Crippen LogP contribution in [-0.4, -0.2) is 19.2 Å². The maximum atomic E-state index is 12.0. The molecule has 0 unspecified atom stereocenters. The Morgan fingerprint density at radius 3 is 2.45 bits per heavy atom. The van der Waals surface area contributed by atoms with Crippen LogP contribution >= 0.6 is 0 Å². The lowest BCUT2D eigenvalue weighted by molar-refractivity contribution is 0.159. The van der Waals surface area contributed by atoms with Gasteiger partial charge in [0, 0.05) is 12.2 Å². The summed E-state index contributed by atoms with van der Waals surface area (Å²) in [4.78, 5) is 13.8. The van der Waals surface area contributed by atoms with Gasteiger partial charge in [0.1, 0.15) is 0 Å². The first kappa shape index (κ1) is 16.5. The molecule has 3 heteroatoms. The Morgan fingerprint density at radius 1 is 1.15 bits per heavy atom. The average molecular weight is 277 g/mol. The fourth-order valence-corrected chi connectivity index (χ4v) is 2.13. The van der Waals surface area contributed by atoms with E-state index in [-0.39, 0.29) is 6.09 Å². The topological polar surface area (TPSA) is 29.5 Å². The average Bonchev–Trinajstić information content (AvgIpc) is 2.43. The van der Waals surface area contributed by atoms with E-state index in [9.17, 15) is 4.79 Å². The molecule has 0 saturated heterocycles. The SMILES string of the molecule is CCOC(=O)N(CCCCCC(C)C)c1ccccc1. The molecule has 0 saturated carbocycles. The molecule has 0 spiro atoms. The first-order valence-corrected chi connectivity index (χ1v) is 7.64. The smallest absolute Gasteiger partial charge is 0.414 e. The van der Waals surface area contributed by atoms with Crippen molar-refractivity contribution in [3.8, 4) is 0 Å². The first-order chi connectivity index (χ1) is 9.65. The zero-order chi connectivity index (χ0) is 14.8. The zero-order valence-corrected chi connectivity index (χ0v) is 13.0. The van der Waals surface area contributed by atoms with Crippen molar-refractivity contribution in [1.29, 1.82) is 0 Å². The number of para-hydroxylation sites is 1. The normalized spacial score (nSPS) is 10.6. The predicted molar refractivity (Wildman–Crippen MR) is 84.1 cm³/mol. The van der Waals surface area contributed by atoms with Crippen LogP contribution in [0.15, 0.2) is 30.3 Å². The molecule has 1 aromatic carbocycles. The van der Waals surface area contributed by atoms with Gasteiger partial charge in [-0.15, -0.1) is 0 Å². The molecule has 0 heterocycles. The van der Waals surface area contributed by atoms with Crippen LogP contribution in [0, 0.1) is 5.92 Å². The van der Waals surface area contributed by atoms with Gasteiger partial charge in [-0.3, -0.25) is 4.90 Å². The summed E-state index contributed by atoms with van der Waals surface area (Å²) in [6.45, 7) is 7.46. The maximum absolute atomic E-state index is 12.0. The minimum atomic E-state index is -0.248. The minimum absolute atomic E-state index is 0.248. The van der Waals surface area contributed by atoms with Gasteiger partial charge in [0.05, 0.1) is 6.61 Å². The molecular formula is C17H27NO2. The van der Waals surface area contributed by atoms with Crippen LogP contribution in [-0.2, 0) is 4.74 Å². The summed E-state index contributed by atoms with van der Waals surface area (Å²) >= 11 is 0. The lowest BCUT2D eigenvalue weighted by atomic mass is 10.1. The quantitative estimate of drug-likeness (QED) is 0.635. The van der Waals surface area contributed by atoms with Gasteiger partial charge in [-0.2, -0.15) is 0 Å². The van der Waals surface area contributed by atoms with Crippen molar-refractivity contribution in [2.24, 2.45) is 5.92 Å². The summed E-state index contributed by atoms with van der Waals surface area (Å²) in [5.41, 5.74) is 0.912. The molecule has 0 atom stereocenters. The van der Waals surface area contributed by atoms with Crippen molar-refractivity contribution in [1.82, 2.24) is 0 Å². The second-order valence-electron chi connectivity index (χ2n) is 5.43. The van der Waals surface area contributed by atoms with Gasteiger partial charge in [-0.1, -0.05) is 51.3 Å². The molecule has 0 aliphatic rings. The van der Waals surface area contributed by atoms with Crippen LogP contribution in [0.2, 0.25) is 0 Å². The zero-order valence-electron chi connectivity index (χ0n) is 13.0. The summed E-state index contributed by atoms with van der Waals surface area (Å²) in [6.07, 6.45) is 4.40. The Balaban J connectivity index is 2.49. The van der Waals surface area contributed by atoms with E-state index in [1.165, 1.54) is 12.8 Å². The number of anilines is 1. The highest BCUT2D eigenvalue weighted by Gasteiger charge is 2.15. The second kappa shape index (κ2) is 9.40. The fraction of sp³-hybridized carbons (Fsp3) is 0.588. The summed E-state index contributed by atoms with van der Waals surface area (Å²) in [7, 11) is 0. The number of rotatable bonds is 8. The van der Waals surface area contributed by atoms with E-state index < -0.39 is 0 Å². The van der Waals surface area contributed by atoms with E-state index in [0.29, 0.717) is 6.61 Å². The largest absolute Gasteiger partial charge is 0.449 e. The Labute approximate surface area is 122 Å². The van der Waals surface area contributed by atoms with Gasteiger partial charge in [0.2, 0.25) is 0 Å². The molecule has 0 bridgehead atoms. The summed E-state index contributed by atoms with van der Waals surface area (Å²) in [5.74, 6) is 0.755. The monoisotopic (exact) mass is 277 g/mol. The second-order valence-corrected chi connectivity index (χ2v) is 5.43. The molecule has 0 aliphatic carbocycles. The number of benzene rings is 1. The van der Waals surface area contributed by atoms with E-state index in [1.54, 1.807) is 4.90 Å². The summed E-state index contributed by atoms with van der Waals surface area (Å²) < 4.78 is 5.14. The van der Waals surface area contributed by atoms with Crippen LogP contribution in [0.25, 0.3) is 0 Å². The molecule has 1 amide bonds. The third-order valence-electron chi connectivity index (χ3n) is 3.22. The van der Waals surface area contributed by atoms with Gasteiger partial charge in [-0.25, -0.2) is 4.79 Å². The van der Waals surface area contributed by atoms with Crippen molar-refractivity contribution in [2.75, 3.05) is 18.1 Å². The van der Waals surface area contributed by atoms with Crippen molar-refractivity contribution in [3.63, 3.8) is 0 Å². The standard InChI is InChI=1S/C17H27NO2/c1-4-20-17(19)18(16-12-8-5-9-13-16)14-10-6-7-11-15(2)3/h5,8-9,12-13,15H,4,6-7,10-11,14H2,1-3H3. The highest BCUT2D eigenvalue weighted by molar-refractivity contribution is 5.87. The van der Waals surface area contributed by atoms with E-state index >= 15 is 0 Å². The van der Waals surface area contributed by atoms with Crippen LogP contribution in [0.1, 0.15) is 46.5 Å². The summed E-state index contributed by atoms with van der Waals surface area (Å²) in [6, 6.07) is 9.74. The van der Waals surface area contributed by atoms with E-state index in [0.717, 1.165) is 31.0 Å². The lowest BCUT2D eigenvalue weighted by Crippen LogP contribution is -2.32. The lowest BCUT2D eigenvalue weighted by Gasteiger charge is -2.22. The highest BCUT2D eigenvalue weighted by atomic mass is 16.6. The number of carbonyl (C=O) groups excluding carboxylic acids is 1. The predicted octanol–water partition coefficient (Wildman–Crippen LogP) is 4.87. The molecule has 112 valence electrons. The third-order valence-corrected chi connectivity index (χ3v) is 3.22. The number of ether oxygens (including phenoxy) is 1. The number of amides is 1. The van der Waals surface area contributed by atoms with Crippen LogP contribution in [0.5, 0.6) is 0 Å². The maximum Gasteiger partial charge on any atom is 0.414 e. The Hall–Kier alpha value is -1.51. The molecule has 0 fully saturated rings. The van der Waals surface area contributed by atoms with Gasteiger partial charge < -0.3 is 4.74 Å². The third kappa shape index (κ3) is 6.09. The highest BCUT2D eigenvalue weighted by Crippen LogP contribution is 2.16. The van der Waals surface area contributed by atoms with Crippen molar-refractivity contribution >= 4 is 11.8 Å². The number of carbonyl (C=O) groups is 1. The van der Waals surface area contributed by atoms with Crippen molar-refractivity contribution < 1.29 is 9.53 Å². The molecule has 1 aromatic rings. The first-order valence-electron chi connectivity index (χ1n) is 7.64. The fourth-order valence-electron chi connectivity index (χ4n) is 2.13. The van der Waals surface area contributed by atoms with Crippen molar-refractivity contribution in [3.05, 3.63) is 30.3 Å². The molecule has 0 aromatic heterocycles. The Morgan fingerprint density at radius 2 is 1.85 bits per heavy atom. The molecule has 3 nitrogen and oxygen atoms in total. The van der Waals surface area contributed by atoms with E-state index in [2.05, 4.69) is 13.8 Å². The van der Waals surface area contributed by atoms with E-state index in [4.69, 9.17) is 4.74 Å². The Bertz CT molecular complexity index is 376. The van der Waals surface area contributed by atoms with E-state index in [1.807, 2.05) is 37.3 Å². The molecule has 0 radical (unpaired) electrons. The summed E-state index contributed by atoms with van der Waals surface area (Å²) in [5, 5.41) is 0. The minimum Gasteiger partial charge on any atom is -0.449 e. The molecule has 0 aliphatic heterocycles. The molecular weight excluding hydrogens is 250 g/mol. The number of hydrogen-bond donors (Lipinski definition) is 0. The molecule has 1 rings (SSSR count). The van der Waals surface area contributed by atoms with Gasteiger partial charge in [0.25, 0.3) is 0 Å². The van der Waals surface area contributed by atoms with Gasteiger partial charge >= 0.3 is 6.09 Å². The van der Waals surface area contributed by atoms with Crippen molar-refractivity contribution in [2.45, 2.75) is 46.5 Å². The number of unbranched alkanes of at least 4 members (excludes halogenated alkanes) is 2.